The smallest absolute Gasteiger partial charge is 0.185 e. The van der Waals surface area contributed by atoms with Crippen LogP contribution in [0.25, 0.3) is 5.08 Å². The first-order valence-electron chi connectivity index (χ1n) is 17.6. The van der Waals surface area contributed by atoms with E-state index in [0.29, 0.717) is 5.71 Å². The van der Waals surface area contributed by atoms with Gasteiger partial charge in [-0.3, -0.25) is 0 Å². The number of nitrogens with one attached hydrogen (secondary N) is 1. The largest absolute Gasteiger partial charge is 0.339 e. The lowest BCUT2D eigenvalue weighted by Crippen LogP contribution is -2.25. The van der Waals surface area contributed by atoms with Crippen LogP contribution >= 0.6 is 0 Å². The van der Waals surface area contributed by atoms with Crippen molar-refractivity contribution in [3.8, 4) is 0 Å². The number of hydrogen-bond acceptors (Lipinski definition) is 4. The van der Waals surface area contributed by atoms with Crippen LogP contribution in [0.2, 0.25) is 0 Å². The number of unbranched alkanes of at least 4 members (excludes halogenated alkanes) is 18. The van der Waals surface area contributed by atoms with Gasteiger partial charge in [-0.25, -0.2) is 0 Å². The van der Waals surface area contributed by atoms with Gasteiger partial charge in [0.2, 0.25) is 0 Å². The van der Waals surface area contributed by atoms with Crippen LogP contribution in [-0.4, -0.2) is 11.4 Å². The van der Waals surface area contributed by atoms with E-state index in [1.54, 1.807) is 0 Å². The molecule has 3 aliphatic carbocycles. The fraction of sp³-hybridized carbons (Fsp3) is 0.676. The van der Waals surface area contributed by atoms with Gasteiger partial charge < -0.3 is 0 Å². The summed E-state index contributed by atoms with van der Waals surface area (Å²) in [7, 11) is 0. The zero-order valence-corrected chi connectivity index (χ0v) is 27.3. The molecule has 0 saturated carbocycles. The van der Waals surface area contributed by atoms with Gasteiger partial charge in [0.1, 0.15) is 0 Å². The average Bonchev–Trinajstić information content (AvgIpc) is 3.28. The molecule has 0 unspecified atom stereocenters. The number of allylic oxidation sites excluding steroid dienone is 10. The Balaban J connectivity index is 1.70. The Morgan fingerprint density at radius 3 is 1.40 bits per heavy atom. The average molecular weight is 586 g/mol. The van der Waals surface area contributed by atoms with Crippen molar-refractivity contribution < 1.29 is 0 Å². The van der Waals surface area contributed by atoms with Gasteiger partial charge in [0, 0.05) is 5.41 Å². The highest BCUT2D eigenvalue weighted by Gasteiger charge is 2.46. The molecule has 1 N–H and O–H groups in total. The minimum Gasteiger partial charge on any atom is -0.185 e. The van der Waals surface area contributed by atoms with Crippen LogP contribution in [0.1, 0.15) is 155 Å². The normalized spacial score (nSPS) is 18.5. The van der Waals surface area contributed by atoms with Crippen molar-refractivity contribution >= 4 is 11.4 Å². The molecule has 43 heavy (non-hydrogen) atoms. The molecule has 234 valence electrons. The SMILES string of the molecule is CCCCCCCCCCCCC1(CCCCCCCCCCCC)C2=CC(=NN=N)C=CC2=C2C=CC(=N[N+]#N)C=C21. The van der Waals surface area contributed by atoms with Gasteiger partial charge in [-0.15, -0.1) is 5.10 Å². The van der Waals surface area contributed by atoms with Gasteiger partial charge in [-0.2, -0.15) is 5.53 Å². The van der Waals surface area contributed by atoms with Crippen LogP contribution in [0.5, 0.6) is 0 Å². The van der Waals surface area contributed by atoms with Crippen LogP contribution in [0.15, 0.2) is 74.2 Å². The van der Waals surface area contributed by atoms with Crippen LogP contribution in [-0.2, 0) is 0 Å². The second-order valence-corrected chi connectivity index (χ2v) is 12.8. The van der Waals surface area contributed by atoms with Crippen molar-refractivity contribution in [2.75, 3.05) is 0 Å². The summed E-state index contributed by atoms with van der Waals surface area (Å²) in [4.78, 5) is 0. The molecule has 3 aliphatic rings. The van der Waals surface area contributed by atoms with E-state index in [1.807, 2.05) is 12.2 Å². The summed E-state index contributed by atoms with van der Waals surface area (Å²) in [6.45, 7) is 4.56. The van der Waals surface area contributed by atoms with E-state index >= 15 is 0 Å². The standard InChI is InChI=1S/C37H57N6/c1-3-5-7-9-11-13-15-17-19-21-27-37(28-22-20-18-16-14-12-10-8-6-4-2)35-29-31(40-42-38)23-25-33(35)34-26-24-32(41-43-39)30-36(34)37/h23-26,29-30,38H,3-22,27-28H2,1-2H3/q+1. The number of nitrogens with zero attached hydrogens (tertiary/aromatic N) is 5. The van der Waals surface area contributed by atoms with E-state index in [9.17, 15) is 5.39 Å². The third kappa shape index (κ3) is 10.6. The monoisotopic (exact) mass is 585 g/mol. The van der Waals surface area contributed by atoms with Crippen LogP contribution in [0.3, 0.4) is 0 Å². The molecule has 6 nitrogen and oxygen atoms in total. The predicted molar refractivity (Wildman–Crippen MR) is 182 cm³/mol. The van der Waals surface area contributed by atoms with Gasteiger partial charge in [0.05, 0.1) is 5.71 Å². The third-order valence-electron chi connectivity index (χ3n) is 9.57. The third-order valence-corrected chi connectivity index (χ3v) is 9.57. The van der Waals surface area contributed by atoms with Crippen LogP contribution < -0.4 is 0 Å². The molecule has 0 aromatic carbocycles. The quantitative estimate of drug-likeness (QED) is 0.0549. The fourth-order valence-electron chi connectivity index (χ4n) is 7.20. The van der Waals surface area contributed by atoms with E-state index in [-0.39, 0.29) is 5.41 Å². The summed E-state index contributed by atoms with van der Waals surface area (Å²) in [6.07, 6.45) is 41.2. The minimum absolute atomic E-state index is 0.125. The molecular weight excluding hydrogens is 528 g/mol. The molecule has 0 spiro atoms. The summed E-state index contributed by atoms with van der Waals surface area (Å²) in [5.74, 6) is 0. The number of fused-ring (bicyclic) bond motifs is 2. The Bertz CT molecular complexity index is 1120. The molecule has 3 rings (SSSR count). The summed E-state index contributed by atoms with van der Waals surface area (Å²) in [5.41, 5.74) is 13.8. The highest BCUT2D eigenvalue weighted by molar-refractivity contribution is 6.10. The topological polar surface area (TPSA) is 89.1 Å². The fourth-order valence-corrected chi connectivity index (χ4v) is 7.20. The lowest BCUT2D eigenvalue weighted by molar-refractivity contribution is 0.347. The Morgan fingerprint density at radius 2 is 0.977 bits per heavy atom. The second-order valence-electron chi connectivity index (χ2n) is 12.8. The van der Waals surface area contributed by atoms with Crippen molar-refractivity contribution in [3.05, 3.63) is 63.8 Å². The Labute approximate surface area is 261 Å². The van der Waals surface area contributed by atoms with E-state index in [4.69, 9.17) is 5.53 Å². The molecule has 0 atom stereocenters. The molecule has 0 fully saturated rings. The number of diazo groups is 1. The van der Waals surface area contributed by atoms with Crippen molar-refractivity contribution in [2.24, 2.45) is 20.8 Å². The lowest BCUT2D eigenvalue weighted by Gasteiger charge is -2.36. The molecule has 0 aromatic heterocycles. The highest BCUT2D eigenvalue weighted by Crippen LogP contribution is 2.58. The van der Waals surface area contributed by atoms with Gasteiger partial charge >= 0.3 is 5.08 Å². The number of hydrogen-bond donors (Lipinski definition) is 1. The highest BCUT2D eigenvalue weighted by atomic mass is 15.3. The molecule has 0 amide bonds. The maximum Gasteiger partial charge on any atom is 0.339 e. The Kier molecular flexibility index (Phi) is 16.1. The van der Waals surface area contributed by atoms with E-state index in [0.717, 1.165) is 18.6 Å². The van der Waals surface area contributed by atoms with Crippen LogP contribution in [0.4, 0.5) is 0 Å². The maximum absolute atomic E-state index is 9.19. The van der Waals surface area contributed by atoms with Crippen LogP contribution in [0, 0.1) is 16.3 Å². The van der Waals surface area contributed by atoms with Gasteiger partial charge in [-0.1, -0.05) is 160 Å². The zero-order chi connectivity index (χ0) is 30.6. The zero-order valence-electron chi connectivity index (χ0n) is 27.3. The molecule has 0 radical (unpaired) electrons. The summed E-state index contributed by atoms with van der Waals surface area (Å²) < 4.78 is 0. The van der Waals surface area contributed by atoms with Gasteiger partial charge in [-0.05, 0) is 59.4 Å². The van der Waals surface area contributed by atoms with Gasteiger partial charge in [0.15, 0.2) is 10.8 Å². The maximum atomic E-state index is 9.19. The molecule has 0 aromatic rings. The summed E-state index contributed by atoms with van der Waals surface area (Å²) >= 11 is 0. The lowest BCUT2D eigenvalue weighted by atomic mass is 9.67. The van der Waals surface area contributed by atoms with E-state index in [2.05, 4.69) is 58.7 Å². The molecular formula is C37H57N6+. The minimum atomic E-state index is -0.125. The van der Waals surface area contributed by atoms with Crippen molar-refractivity contribution in [1.29, 1.82) is 10.9 Å². The first-order chi connectivity index (χ1) is 21.2. The second kappa shape index (κ2) is 20.1. The summed E-state index contributed by atoms with van der Waals surface area (Å²) in [5, 5.41) is 23.7. The van der Waals surface area contributed by atoms with E-state index < -0.39 is 0 Å². The summed E-state index contributed by atoms with van der Waals surface area (Å²) in [6, 6.07) is 0. The number of rotatable bonds is 23. The molecule has 0 saturated heterocycles. The molecule has 0 aliphatic heterocycles. The molecule has 0 bridgehead atoms. The first kappa shape index (κ1) is 34.5. The predicted octanol–water partition coefficient (Wildman–Crippen LogP) is 12.5. The Hall–Kier alpha value is -2.94. The Morgan fingerprint density at radius 1 is 0.581 bits per heavy atom. The van der Waals surface area contributed by atoms with E-state index in [1.165, 1.54) is 151 Å². The molecule has 6 heteroatoms. The van der Waals surface area contributed by atoms with Crippen molar-refractivity contribution in [1.82, 2.24) is 0 Å². The first-order valence-corrected chi connectivity index (χ1v) is 17.6. The van der Waals surface area contributed by atoms with Gasteiger partial charge in [0.25, 0.3) is 5.39 Å². The molecule has 0 heterocycles. The van der Waals surface area contributed by atoms with Crippen molar-refractivity contribution in [2.45, 2.75) is 155 Å². The van der Waals surface area contributed by atoms with Crippen molar-refractivity contribution in [3.63, 3.8) is 0 Å².